The molecule has 2 rings (SSSR count). The van der Waals surface area contributed by atoms with Gasteiger partial charge in [-0.2, -0.15) is 13.2 Å². The van der Waals surface area contributed by atoms with E-state index < -0.39 is 12.8 Å². The van der Waals surface area contributed by atoms with Crippen LogP contribution in [0.25, 0.3) is 0 Å². The minimum absolute atomic E-state index is 0.191. The molecule has 0 amide bonds. The van der Waals surface area contributed by atoms with Crippen molar-refractivity contribution in [1.29, 1.82) is 0 Å². The van der Waals surface area contributed by atoms with E-state index in [0.717, 1.165) is 12.8 Å². The summed E-state index contributed by atoms with van der Waals surface area (Å²) in [5.74, 6) is 0.707. The second-order valence-electron chi connectivity index (χ2n) is 3.90. The minimum Gasteiger partial charge on any atom is -0.388 e. The summed E-state index contributed by atoms with van der Waals surface area (Å²) in [5, 5.41) is 16.5. The summed E-state index contributed by atoms with van der Waals surface area (Å²) in [4.78, 5) is 0. The molecule has 1 aliphatic carbocycles. The second-order valence-corrected chi connectivity index (χ2v) is 3.90. The highest BCUT2D eigenvalue weighted by Gasteiger charge is 2.31. The maximum atomic E-state index is 11.9. The van der Waals surface area contributed by atoms with Crippen LogP contribution >= 0.6 is 0 Å². The molecule has 96 valence electrons. The first-order valence-electron chi connectivity index (χ1n) is 5.19. The number of hydrogen-bond donors (Lipinski definition) is 1. The summed E-state index contributed by atoms with van der Waals surface area (Å²) in [6.45, 7) is -1.83. The highest BCUT2D eigenvalue weighted by Crippen LogP contribution is 2.36. The Morgan fingerprint density at radius 1 is 1.29 bits per heavy atom. The van der Waals surface area contributed by atoms with Crippen molar-refractivity contribution in [3.8, 4) is 0 Å². The predicted octanol–water partition coefficient (Wildman–Crippen LogP) is 1.18. The topological polar surface area (TPSA) is 60.2 Å². The van der Waals surface area contributed by atoms with Gasteiger partial charge in [0.05, 0.1) is 0 Å². The molecule has 0 unspecified atom stereocenters. The highest BCUT2D eigenvalue weighted by molar-refractivity contribution is 5.01. The molecule has 1 saturated carbocycles. The monoisotopic (exact) mass is 251 g/mol. The van der Waals surface area contributed by atoms with Crippen LogP contribution in [-0.4, -0.2) is 32.7 Å². The Kier molecular flexibility index (Phi) is 3.34. The zero-order valence-corrected chi connectivity index (χ0v) is 8.94. The largest absolute Gasteiger partial charge is 0.411 e. The molecule has 1 aliphatic rings. The molecule has 17 heavy (non-hydrogen) atoms. The van der Waals surface area contributed by atoms with Gasteiger partial charge in [-0.3, -0.25) is 0 Å². The van der Waals surface area contributed by atoms with Gasteiger partial charge in [0.1, 0.15) is 19.8 Å². The van der Waals surface area contributed by atoms with Crippen molar-refractivity contribution in [3.05, 3.63) is 11.6 Å². The number of nitrogens with zero attached hydrogens (tertiary/aromatic N) is 3. The molecule has 1 aromatic heterocycles. The van der Waals surface area contributed by atoms with Gasteiger partial charge in [-0.1, -0.05) is 0 Å². The average molecular weight is 251 g/mol. The smallest absolute Gasteiger partial charge is 0.388 e. The summed E-state index contributed by atoms with van der Waals surface area (Å²) in [6.07, 6.45) is -2.49. The zero-order valence-electron chi connectivity index (χ0n) is 8.94. The molecule has 1 aromatic rings. The summed E-state index contributed by atoms with van der Waals surface area (Å²) >= 11 is 0. The van der Waals surface area contributed by atoms with Crippen molar-refractivity contribution >= 4 is 0 Å². The fourth-order valence-corrected chi connectivity index (χ4v) is 1.58. The van der Waals surface area contributed by atoms with Crippen molar-refractivity contribution in [2.45, 2.75) is 38.3 Å². The molecule has 0 saturated heterocycles. The van der Waals surface area contributed by atoms with Gasteiger partial charge in [-0.05, 0) is 12.8 Å². The van der Waals surface area contributed by atoms with E-state index in [4.69, 9.17) is 5.11 Å². The molecule has 0 aromatic carbocycles. The van der Waals surface area contributed by atoms with Crippen LogP contribution in [0.1, 0.15) is 30.5 Å². The highest BCUT2D eigenvalue weighted by atomic mass is 19.4. The van der Waals surface area contributed by atoms with E-state index in [0.29, 0.717) is 11.6 Å². The number of aliphatic hydroxyl groups is 1. The number of alkyl halides is 3. The average Bonchev–Trinajstić information content (AvgIpc) is 2.99. The van der Waals surface area contributed by atoms with Gasteiger partial charge in [0.25, 0.3) is 0 Å². The molecule has 5 nitrogen and oxygen atoms in total. The molecule has 1 N–H and O–H groups in total. The molecule has 1 fully saturated rings. The van der Waals surface area contributed by atoms with Crippen LogP contribution in [0, 0.1) is 0 Å². The third kappa shape index (κ3) is 3.16. The Bertz CT molecular complexity index is 387. The first kappa shape index (κ1) is 12.3. The summed E-state index contributed by atoms with van der Waals surface area (Å²) in [7, 11) is 0. The lowest BCUT2D eigenvalue weighted by Crippen LogP contribution is -2.18. The van der Waals surface area contributed by atoms with Crippen molar-refractivity contribution in [1.82, 2.24) is 14.8 Å². The van der Waals surface area contributed by atoms with Gasteiger partial charge >= 0.3 is 6.18 Å². The van der Waals surface area contributed by atoms with Gasteiger partial charge < -0.3 is 14.4 Å². The van der Waals surface area contributed by atoms with Crippen LogP contribution in [0.5, 0.6) is 0 Å². The van der Waals surface area contributed by atoms with Crippen molar-refractivity contribution < 1.29 is 23.0 Å². The van der Waals surface area contributed by atoms with E-state index >= 15 is 0 Å². The first-order valence-corrected chi connectivity index (χ1v) is 5.19. The second kappa shape index (κ2) is 4.61. The number of hydrogen-bond acceptors (Lipinski definition) is 4. The molecule has 0 radical (unpaired) electrons. The Morgan fingerprint density at radius 3 is 2.47 bits per heavy atom. The van der Waals surface area contributed by atoms with Gasteiger partial charge in [0.15, 0.2) is 11.6 Å². The van der Waals surface area contributed by atoms with Crippen LogP contribution in [0.15, 0.2) is 0 Å². The third-order valence-electron chi connectivity index (χ3n) is 2.39. The van der Waals surface area contributed by atoms with Crippen LogP contribution in [-0.2, 0) is 18.0 Å². The van der Waals surface area contributed by atoms with Crippen molar-refractivity contribution in [2.75, 3.05) is 6.61 Å². The Morgan fingerprint density at radius 2 is 1.94 bits per heavy atom. The molecule has 0 spiro atoms. The van der Waals surface area contributed by atoms with Crippen molar-refractivity contribution in [3.63, 3.8) is 0 Å². The lowest BCUT2D eigenvalue weighted by Gasteiger charge is -2.09. The molecular formula is C9H12F3N3O2. The van der Waals surface area contributed by atoms with E-state index in [1.807, 2.05) is 0 Å². The normalized spacial score (nSPS) is 16.5. The van der Waals surface area contributed by atoms with E-state index in [9.17, 15) is 13.2 Å². The van der Waals surface area contributed by atoms with E-state index in [1.54, 1.807) is 4.57 Å². The lowest BCUT2D eigenvalue weighted by molar-refractivity contribution is -0.177. The van der Waals surface area contributed by atoms with E-state index in [1.165, 1.54) is 0 Å². The van der Waals surface area contributed by atoms with Crippen molar-refractivity contribution in [2.24, 2.45) is 0 Å². The fourth-order valence-electron chi connectivity index (χ4n) is 1.58. The van der Waals surface area contributed by atoms with E-state index in [-0.39, 0.29) is 19.3 Å². The Labute approximate surface area is 95.2 Å². The maximum absolute atomic E-state index is 11.9. The first-order chi connectivity index (χ1) is 8.01. The summed E-state index contributed by atoms with van der Waals surface area (Å²) in [5.41, 5.74) is 0. The third-order valence-corrected chi connectivity index (χ3v) is 2.39. The molecule has 1 heterocycles. The molecule has 0 atom stereocenters. The Hall–Kier alpha value is -1.15. The van der Waals surface area contributed by atoms with Gasteiger partial charge in [0, 0.05) is 6.04 Å². The van der Waals surface area contributed by atoms with Gasteiger partial charge in [0.2, 0.25) is 0 Å². The predicted molar refractivity (Wildman–Crippen MR) is 49.9 cm³/mol. The van der Waals surface area contributed by atoms with Gasteiger partial charge in [-0.25, -0.2) is 0 Å². The van der Waals surface area contributed by atoms with Crippen LogP contribution in [0.3, 0.4) is 0 Å². The van der Waals surface area contributed by atoms with E-state index in [2.05, 4.69) is 14.9 Å². The molecular weight excluding hydrogens is 239 g/mol. The minimum atomic E-state index is -4.34. The molecule has 0 aliphatic heterocycles. The SMILES string of the molecule is OCc1nnc(COCC(F)(F)F)n1C1CC1. The quantitative estimate of drug-likeness (QED) is 0.853. The number of halogens is 3. The number of ether oxygens (including phenoxy) is 1. The number of aliphatic hydroxyl groups excluding tert-OH is 1. The maximum Gasteiger partial charge on any atom is 0.411 e. The standard InChI is InChI=1S/C9H12F3N3O2/c10-9(11,12)5-17-4-8-14-13-7(3-16)15(8)6-1-2-6/h6,16H,1-5H2. The van der Waals surface area contributed by atoms with Crippen LogP contribution in [0.2, 0.25) is 0 Å². The summed E-state index contributed by atoms with van der Waals surface area (Å²) in [6, 6.07) is 0.191. The zero-order chi connectivity index (χ0) is 12.5. The lowest BCUT2D eigenvalue weighted by atomic mass is 10.5. The van der Waals surface area contributed by atoms with Crippen LogP contribution < -0.4 is 0 Å². The molecule has 8 heteroatoms. The van der Waals surface area contributed by atoms with Crippen LogP contribution in [0.4, 0.5) is 13.2 Å². The Balaban J connectivity index is 1.98. The molecule has 0 bridgehead atoms. The number of aromatic nitrogens is 3. The number of rotatable bonds is 5. The summed E-state index contributed by atoms with van der Waals surface area (Å²) < 4.78 is 41.9. The van der Waals surface area contributed by atoms with Gasteiger partial charge in [-0.15, -0.1) is 10.2 Å². The fraction of sp³-hybridized carbons (Fsp3) is 0.778.